The lowest BCUT2D eigenvalue weighted by Crippen LogP contribution is -2.02. The average Bonchev–Trinajstić information content (AvgIpc) is 2.98. The van der Waals surface area contributed by atoms with Crippen LogP contribution in [-0.2, 0) is 0 Å². The molecule has 0 aliphatic heterocycles. The van der Waals surface area contributed by atoms with E-state index in [4.69, 9.17) is 4.98 Å². The number of nitrogens with zero attached hydrogens (tertiary/aromatic N) is 3. The smallest absolute Gasteiger partial charge is 0.143 e. The Morgan fingerprint density at radius 3 is 2.42 bits per heavy atom. The molecule has 3 heterocycles. The molecule has 3 aromatic heterocycles. The van der Waals surface area contributed by atoms with Gasteiger partial charge >= 0.3 is 0 Å². The van der Waals surface area contributed by atoms with E-state index in [2.05, 4.69) is 82.3 Å². The Morgan fingerprint density at radius 2 is 1.69 bits per heavy atom. The van der Waals surface area contributed by atoms with Crippen molar-refractivity contribution in [3.8, 4) is 11.3 Å². The summed E-state index contributed by atoms with van der Waals surface area (Å²) in [7, 11) is 0. The van der Waals surface area contributed by atoms with Crippen LogP contribution < -0.4 is 5.32 Å². The number of pyridine rings is 2. The van der Waals surface area contributed by atoms with Crippen LogP contribution in [0.15, 0.2) is 54.9 Å². The van der Waals surface area contributed by atoms with E-state index in [9.17, 15) is 0 Å². The number of anilines is 2. The Bertz CT molecular complexity index is 1090. The molecule has 26 heavy (non-hydrogen) atoms. The van der Waals surface area contributed by atoms with Crippen LogP contribution in [0, 0.1) is 24.3 Å². The summed E-state index contributed by atoms with van der Waals surface area (Å²) in [6.45, 7) is 6.36. The van der Waals surface area contributed by atoms with E-state index in [1.54, 1.807) is 0 Å². The molecule has 0 fully saturated rings. The second-order valence-electron chi connectivity index (χ2n) is 6.42. The van der Waals surface area contributed by atoms with Crippen molar-refractivity contribution >= 4 is 39.7 Å². The van der Waals surface area contributed by atoms with Gasteiger partial charge in [0.15, 0.2) is 0 Å². The minimum atomic E-state index is 0.932. The maximum absolute atomic E-state index is 4.93. The lowest BCUT2D eigenvalue weighted by atomic mass is 10.1. The summed E-state index contributed by atoms with van der Waals surface area (Å²) < 4.78 is 3.26. The molecule has 5 heteroatoms. The molecule has 0 amide bonds. The number of para-hydroxylation sites is 1. The molecule has 4 nitrogen and oxygen atoms in total. The van der Waals surface area contributed by atoms with Crippen molar-refractivity contribution in [2.45, 2.75) is 20.8 Å². The van der Waals surface area contributed by atoms with Crippen molar-refractivity contribution in [3.05, 3.63) is 75.2 Å². The summed E-state index contributed by atoms with van der Waals surface area (Å²) in [5.74, 6) is 0.986. The van der Waals surface area contributed by atoms with Gasteiger partial charge in [0.25, 0.3) is 0 Å². The number of aromatic nitrogens is 3. The van der Waals surface area contributed by atoms with Gasteiger partial charge < -0.3 is 5.32 Å². The molecule has 0 aliphatic carbocycles. The maximum atomic E-state index is 4.93. The molecular formula is C21H19IN4. The molecule has 0 aliphatic rings. The number of hydrogen-bond acceptors (Lipinski definition) is 3. The van der Waals surface area contributed by atoms with Crippen LogP contribution in [0.4, 0.5) is 11.5 Å². The van der Waals surface area contributed by atoms with Crippen LogP contribution in [0.2, 0.25) is 0 Å². The number of nitrogens with one attached hydrogen (secondary N) is 1. The third kappa shape index (κ3) is 2.86. The zero-order valence-electron chi connectivity index (χ0n) is 14.9. The lowest BCUT2D eigenvalue weighted by molar-refractivity contribution is 1.09. The first kappa shape index (κ1) is 17.0. The molecule has 1 N–H and O–H groups in total. The van der Waals surface area contributed by atoms with E-state index < -0.39 is 0 Å². The Morgan fingerprint density at radius 1 is 0.962 bits per heavy atom. The van der Waals surface area contributed by atoms with Gasteiger partial charge in [-0.15, -0.1) is 0 Å². The van der Waals surface area contributed by atoms with E-state index in [-0.39, 0.29) is 0 Å². The van der Waals surface area contributed by atoms with E-state index >= 15 is 0 Å². The van der Waals surface area contributed by atoms with Gasteiger partial charge in [0, 0.05) is 32.9 Å². The van der Waals surface area contributed by atoms with Crippen LogP contribution in [0.5, 0.6) is 0 Å². The quantitative estimate of drug-likeness (QED) is 0.406. The van der Waals surface area contributed by atoms with Gasteiger partial charge in [0.1, 0.15) is 17.2 Å². The minimum absolute atomic E-state index is 0.932. The standard InChI is InChI=1S/C21H19IN4/c1-13-6-4-7-14(2)19(13)25-21-20(16-10-11-23-12-17(16)22)24-18-9-5-8-15(3)26(18)21/h4-12,25H,1-3H3. The predicted octanol–water partition coefficient (Wildman–Crippen LogP) is 5.67. The van der Waals surface area contributed by atoms with E-state index in [0.29, 0.717) is 0 Å². The van der Waals surface area contributed by atoms with Gasteiger partial charge in [0.2, 0.25) is 0 Å². The topological polar surface area (TPSA) is 42.2 Å². The largest absolute Gasteiger partial charge is 0.339 e. The summed E-state index contributed by atoms with van der Waals surface area (Å²) in [5, 5.41) is 3.68. The second-order valence-corrected chi connectivity index (χ2v) is 7.58. The highest BCUT2D eigenvalue weighted by Gasteiger charge is 2.18. The van der Waals surface area contributed by atoms with Crippen LogP contribution >= 0.6 is 22.6 Å². The van der Waals surface area contributed by atoms with Crippen molar-refractivity contribution in [1.82, 2.24) is 14.4 Å². The van der Waals surface area contributed by atoms with Gasteiger partial charge in [-0.25, -0.2) is 4.98 Å². The molecule has 0 atom stereocenters. The number of hydrogen-bond donors (Lipinski definition) is 1. The van der Waals surface area contributed by atoms with Gasteiger partial charge in [-0.1, -0.05) is 24.3 Å². The summed E-state index contributed by atoms with van der Waals surface area (Å²) in [4.78, 5) is 9.15. The van der Waals surface area contributed by atoms with Crippen molar-refractivity contribution in [2.24, 2.45) is 0 Å². The zero-order valence-corrected chi connectivity index (χ0v) is 17.1. The Labute approximate surface area is 166 Å². The zero-order chi connectivity index (χ0) is 18.3. The molecule has 4 rings (SSSR count). The summed E-state index contributed by atoms with van der Waals surface area (Å²) in [5.41, 5.74) is 7.64. The number of rotatable bonds is 3. The molecule has 0 unspecified atom stereocenters. The van der Waals surface area contributed by atoms with E-state index in [1.807, 2.05) is 30.6 Å². The third-order valence-corrected chi connectivity index (χ3v) is 5.45. The number of fused-ring (bicyclic) bond motifs is 1. The Kier molecular flexibility index (Phi) is 4.40. The predicted molar refractivity (Wildman–Crippen MR) is 115 cm³/mol. The van der Waals surface area contributed by atoms with Crippen LogP contribution in [0.25, 0.3) is 16.9 Å². The molecule has 0 saturated heterocycles. The molecule has 0 saturated carbocycles. The molecule has 0 spiro atoms. The van der Waals surface area contributed by atoms with Gasteiger partial charge in [0.05, 0.1) is 0 Å². The fourth-order valence-electron chi connectivity index (χ4n) is 3.25. The van der Waals surface area contributed by atoms with Crippen molar-refractivity contribution in [1.29, 1.82) is 0 Å². The number of imidazole rings is 1. The molecule has 1 aromatic carbocycles. The molecule has 0 bridgehead atoms. The summed E-state index contributed by atoms with van der Waals surface area (Å²) >= 11 is 2.32. The first-order valence-electron chi connectivity index (χ1n) is 8.47. The van der Waals surface area contributed by atoms with Gasteiger partial charge in [-0.3, -0.25) is 9.38 Å². The van der Waals surface area contributed by atoms with Crippen LogP contribution in [0.3, 0.4) is 0 Å². The lowest BCUT2D eigenvalue weighted by Gasteiger charge is -2.15. The summed E-state index contributed by atoms with van der Waals surface area (Å²) in [6, 6.07) is 14.5. The highest BCUT2D eigenvalue weighted by Crippen LogP contribution is 2.35. The SMILES string of the molecule is Cc1cccc(C)c1Nc1c(-c2ccncc2I)nc2cccc(C)n12. The number of benzene rings is 1. The monoisotopic (exact) mass is 454 g/mol. The maximum Gasteiger partial charge on any atom is 0.143 e. The fourth-order valence-corrected chi connectivity index (χ4v) is 3.85. The average molecular weight is 454 g/mol. The normalized spacial score (nSPS) is 11.1. The van der Waals surface area contributed by atoms with Gasteiger partial charge in [-0.05, 0) is 72.7 Å². The highest BCUT2D eigenvalue weighted by atomic mass is 127. The van der Waals surface area contributed by atoms with E-state index in [1.165, 1.54) is 11.1 Å². The fraction of sp³-hybridized carbons (Fsp3) is 0.143. The first-order chi connectivity index (χ1) is 12.6. The molecule has 0 radical (unpaired) electrons. The van der Waals surface area contributed by atoms with Crippen molar-refractivity contribution < 1.29 is 0 Å². The van der Waals surface area contributed by atoms with Crippen molar-refractivity contribution in [3.63, 3.8) is 0 Å². The van der Waals surface area contributed by atoms with Gasteiger partial charge in [-0.2, -0.15) is 0 Å². The van der Waals surface area contributed by atoms with Crippen LogP contribution in [-0.4, -0.2) is 14.4 Å². The second kappa shape index (κ2) is 6.72. The minimum Gasteiger partial charge on any atom is -0.339 e. The van der Waals surface area contributed by atoms with Crippen molar-refractivity contribution in [2.75, 3.05) is 5.32 Å². The number of aryl methyl sites for hydroxylation is 3. The molecule has 130 valence electrons. The highest BCUT2D eigenvalue weighted by molar-refractivity contribution is 14.1. The third-order valence-electron chi connectivity index (χ3n) is 4.59. The Hall–Kier alpha value is -2.41. The molecule has 4 aromatic rings. The Balaban J connectivity index is 2.00. The molecular weight excluding hydrogens is 435 g/mol. The first-order valence-corrected chi connectivity index (χ1v) is 9.55. The number of halogens is 1. The summed E-state index contributed by atoms with van der Waals surface area (Å²) in [6.07, 6.45) is 3.69. The van der Waals surface area contributed by atoms with Crippen LogP contribution in [0.1, 0.15) is 16.8 Å². The van der Waals surface area contributed by atoms with E-state index in [0.717, 1.165) is 37.7 Å².